The highest BCUT2D eigenvalue weighted by Crippen LogP contribution is 2.18. The second-order valence-electron chi connectivity index (χ2n) is 4.08. The summed E-state index contributed by atoms with van der Waals surface area (Å²) in [6.07, 6.45) is 0.782. The standard InChI is InChI=1S/C12H17NO3/c1-3-12(2,8-14)13-10-6-4-9(5-7-10)11(15)16/h4-7,13-14H,3,8H2,1-2H3,(H,15,16). The molecule has 88 valence electrons. The van der Waals surface area contributed by atoms with Crippen molar-refractivity contribution in [2.75, 3.05) is 11.9 Å². The molecule has 1 rings (SSSR count). The van der Waals surface area contributed by atoms with Gasteiger partial charge < -0.3 is 15.5 Å². The van der Waals surface area contributed by atoms with E-state index in [9.17, 15) is 9.90 Å². The molecule has 0 saturated heterocycles. The first-order valence-corrected chi connectivity index (χ1v) is 5.23. The highest BCUT2D eigenvalue weighted by molar-refractivity contribution is 5.88. The maximum atomic E-state index is 10.6. The van der Waals surface area contributed by atoms with Gasteiger partial charge in [0, 0.05) is 5.69 Å². The van der Waals surface area contributed by atoms with Gasteiger partial charge in [0.25, 0.3) is 0 Å². The van der Waals surface area contributed by atoms with E-state index in [0.717, 1.165) is 12.1 Å². The van der Waals surface area contributed by atoms with E-state index in [0.29, 0.717) is 0 Å². The SMILES string of the molecule is CCC(C)(CO)Nc1ccc(C(=O)O)cc1. The Bertz CT molecular complexity index is 355. The number of hydrogen-bond donors (Lipinski definition) is 3. The summed E-state index contributed by atoms with van der Waals surface area (Å²) < 4.78 is 0. The number of carbonyl (C=O) groups is 1. The third kappa shape index (κ3) is 2.97. The van der Waals surface area contributed by atoms with Crippen molar-refractivity contribution in [3.8, 4) is 0 Å². The second kappa shape index (κ2) is 4.99. The third-order valence-electron chi connectivity index (χ3n) is 2.71. The number of aliphatic hydroxyl groups is 1. The maximum Gasteiger partial charge on any atom is 0.335 e. The van der Waals surface area contributed by atoms with Crippen LogP contribution in [0.25, 0.3) is 0 Å². The Balaban J connectivity index is 2.79. The van der Waals surface area contributed by atoms with Gasteiger partial charge in [-0.1, -0.05) is 6.92 Å². The largest absolute Gasteiger partial charge is 0.478 e. The van der Waals surface area contributed by atoms with E-state index in [1.165, 1.54) is 12.1 Å². The minimum atomic E-state index is -0.938. The zero-order valence-electron chi connectivity index (χ0n) is 9.53. The number of benzene rings is 1. The van der Waals surface area contributed by atoms with Gasteiger partial charge >= 0.3 is 5.97 Å². The fourth-order valence-corrected chi connectivity index (χ4v) is 1.28. The van der Waals surface area contributed by atoms with Crippen LogP contribution in [0.3, 0.4) is 0 Å². The van der Waals surface area contributed by atoms with Gasteiger partial charge in [-0.3, -0.25) is 0 Å². The average Bonchev–Trinajstić information content (AvgIpc) is 2.29. The molecule has 1 aromatic rings. The number of hydrogen-bond acceptors (Lipinski definition) is 3. The lowest BCUT2D eigenvalue weighted by Crippen LogP contribution is -2.37. The van der Waals surface area contributed by atoms with Crippen LogP contribution in [-0.4, -0.2) is 28.3 Å². The van der Waals surface area contributed by atoms with Crippen molar-refractivity contribution < 1.29 is 15.0 Å². The van der Waals surface area contributed by atoms with E-state index in [1.54, 1.807) is 12.1 Å². The molecule has 16 heavy (non-hydrogen) atoms. The molecule has 3 N–H and O–H groups in total. The Morgan fingerprint density at radius 2 is 1.94 bits per heavy atom. The molecule has 0 bridgehead atoms. The molecule has 0 radical (unpaired) electrons. The number of aromatic carboxylic acids is 1. The quantitative estimate of drug-likeness (QED) is 0.713. The topological polar surface area (TPSA) is 69.6 Å². The predicted molar refractivity (Wildman–Crippen MR) is 62.8 cm³/mol. The summed E-state index contributed by atoms with van der Waals surface area (Å²) in [4.78, 5) is 10.6. The van der Waals surface area contributed by atoms with Crippen molar-refractivity contribution >= 4 is 11.7 Å². The average molecular weight is 223 g/mol. The number of anilines is 1. The first kappa shape index (κ1) is 12.5. The summed E-state index contributed by atoms with van der Waals surface area (Å²) in [7, 11) is 0. The molecule has 4 heteroatoms. The predicted octanol–water partition coefficient (Wildman–Crippen LogP) is 1.96. The van der Waals surface area contributed by atoms with E-state index in [1.807, 2.05) is 13.8 Å². The highest BCUT2D eigenvalue weighted by Gasteiger charge is 2.20. The molecule has 0 heterocycles. The number of aliphatic hydroxyl groups excluding tert-OH is 1. The molecule has 1 unspecified atom stereocenters. The highest BCUT2D eigenvalue weighted by atomic mass is 16.4. The molecule has 1 aromatic carbocycles. The van der Waals surface area contributed by atoms with Gasteiger partial charge in [0.2, 0.25) is 0 Å². The molecular formula is C12H17NO3. The van der Waals surface area contributed by atoms with Crippen molar-refractivity contribution in [2.45, 2.75) is 25.8 Å². The molecule has 4 nitrogen and oxygen atoms in total. The summed E-state index contributed by atoms with van der Waals surface area (Å²) in [6.45, 7) is 3.93. The van der Waals surface area contributed by atoms with Gasteiger partial charge in [0.1, 0.15) is 0 Å². The number of carboxylic acid groups (broad SMARTS) is 1. The third-order valence-corrected chi connectivity index (χ3v) is 2.71. The van der Waals surface area contributed by atoms with E-state index < -0.39 is 5.97 Å². The first-order valence-electron chi connectivity index (χ1n) is 5.23. The van der Waals surface area contributed by atoms with Crippen LogP contribution in [0.4, 0.5) is 5.69 Å². The Morgan fingerprint density at radius 3 is 2.31 bits per heavy atom. The summed E-state index contributed by atoms with van der Waals surface area (Å²) in [5, 5.41) is 21.2. The number of carboxylic acids is 1. The van der Waals surface area contributed by atoms with Crippen LogP contribution < -0.4 is 5.32 Å². The van der Waals surface area contributed by atoms with Crippen molar-refractivity contribution in [3.63, 3.8) is 0 Å². The monoisotopic (exact) mass is 223 g/mol. The van der Waals surface area contributed by atoms with Crippen molar-refractivity contribution in [1.29, 1.82) is 0 Å². The Hall–Kier alpha value is -1.55. The van der Waals surface area contributed by atoms with Gasteiger partial charge in [-0.2, -0.15) is 0 Å². The Morgan fingerprint density at radius 1 is 1.38 bits per heavy atom. The van der Waals surface area contributed by atoms with Gasteiger partial charge in [0.15, 0.2) is 0 Å². The molecule has 0 fully saturated rings. The van der Waals surface area contributed by atoms with Gasteiger partial charge in [-0.25, -0.2) is 4.79 Å². The zero-order chi connectivity index (χ0) is 12.2. The van der Waals surface area contributed by atoms with Crippen LogP contribution in [0.5, 0.6) is 0 Å². The zero-order valence-corrected chi connectivity index (χ0v) is 9.53. The first-order chi connectivity index (χ1) is 7.50. The molecule has 1 atom stereocenters. The number of rotatable bonds is 5. The van der Waals surface area contributed by atoms with Gasteiger partial charge in [-0.15, -0.1) is 0 Å². The summed E-state index contributed by atoms with van der Waals surface area (Å²) in [5.74, 6) is -0.938. The molecule has 0 amide bonds. The normalized spacial score (nSPS) is 14.2. The van der Waals surface area contributed by atoms with Crippen molar-refractivity contribution in [3.05, 3.63) is 29.8 Å². The van der Waals surface area contributed by atoms with Gasteiger partial charge in [-0.05, 0) is 37.6 Å². The molecule has 0 saturated carbocycles. The fourth-order valence-electron chi connectivity index (χ4n) is 1.28. The van der Waals surface area contributed by atoms with E-state index in [2.05, 4.69) is 5.32 Å². The van der Waals surface area contributed by atoms with Gasteiger partial charge in [0.05, 0.1) is 17.7 Å². The lowest BCUT2D eigenvalue weighted by molar-refractivity contribution is 0.0697. The van der Waals surface area contributed by atoms with E-state index in [4.69, 9.17) is 5.11 Å². The Kier molecular flexibility index (Phi) is 3.90. The summed E-state index contributed by atoms with van der Waals surface area (Å²) in [5.41, 5.74) is 0.696. The van der Waals surface area contributed by atoms with Crippen LogP contribution in [0.1, 0.15) is 30.6 Å². The lowest BCUT2D eigenvalue weighted by Gasteiger charge is -2.28. The molecule has 0 spiro atoms. The summed E-state index contributed by atoms with van der Waals surface area (Å²) in [6, 6.07) is 6.48. The van der Waals surface area contributed by atoms with E-state index >= 15 is 0 Å². The number of nitrogens with one attached hydrogen (secondary N) is 1. The molecule has 0 aliphatic heterocycles. The van der Waals surface area contributed by atoms with Crippen LogP contribution in [0.2, 0.25) is 0 Å². The fraction of sp³-hybridized carbons (Fsp3) is 0.417. The molecule has 0 aliphatic carbocycles. The van der Waals surface area contributed by atoms with Crippen molar-refractivity contribution in [1.82, 2.24) is 0 Å². The molecule has 0 aliphatic rings. The van der Waals surface area contributed by atoms with Crippen molar-refractivity contribution in [2.24, 2.45) is 0 Å². The van der Waals surface area contributed by atoms with E-state index in [-0.39, 0.29) is 17.7 Å². The van der Waals surface area contributed by atoms with Crippen LogP contribution >= 0.6 is 0 Å². The maximum absolute atomic E-state index is 10.6. The minimum Gasteiger partial charge on any atom is -0.478 e. The second-order valence-corrected chi connectivity index (χ2v) is 4.08. The minimum absolute atomic E-state index is 0.0319. The molecular weight excluding hydrogens is 206 g/mol. The lowest BCUT2D eigenvalue weighted by atomic mass is 9.99. The van der Waals surface area contributed by atoms with Crippen LogP contribution in [-0.2, 0) is 0 Å². The van der Waals surface area contributed by atoms with Crippen LogP contribution in [0.15, 0.2) is 24.3 Å². The smallest absolute Gasteiger partial charge is 0.335 e. The van der Waals surface area contributed by atoms with Crippen LogP contribution in [0, 0.1) is 0 Å². The molecule has 0 aromatic heterocycles. The summed E-state index contributed by atoms with van der Waals surface area (Å²) >= 11 is 0. The Labute approximate surface area is 94.9 Å².